The van der Waals surface area contributed by atoms with Crippen molar-refractivity contribution in [3.8, 4) is 17.2 Å². The van der Waals surface area contributed by atoms with Gasteiger partial charge in [-0.25, -0.2) is 0 Å². The van der Waals surface area contributed by atoms with Crippen LogP contribution in [0.3, 0.4) is 0 Å². The normalized spacial score (nSPS) is 14.6. The third-order valence-corrected chi connectivity index (χ3v) is 11.8. The van der Waals surface area contributed by atoms with Crippen LogP contribution < -0.4 is 0 Å². The molecule has 51 heavy (non-hydrogen) atoms. The third-order valence-electron chi connectivity index (χ3n) is 11.8. The summed E-state index contributed by atoms with van der Waals surface area (Å²) in [5.41, 5.74) is 17.0. The van der Waals surface area contributed by atoms with Crippen LogP contribution in [0, 0.1) is 34.6 Å². The maximum Gasteiger partial charge on any atom is 0.123 e. The average molecular weight is 689 g/mol. The highest BCUT2D eigenvalue weighted by molar-refractivity contribution is 5.59. The smallest absolute Gasteiger partial charge is 0.123 e. The molecule has 3 N–H and O–H groups in total. The number of benzene rings is 4. The lowest BCUT2D eigenvalue weighted by atomic mass is 9.78. The summed E-state index contributed by atoms with van der Waals surface area (Å²) in [5.74, 6) is 1.26. The first kappa shape index (κ1) is 38.5. The monoisotopic (exact) mass is 688 g/mol. The molecule has 0 saturated heterocycles. The fourth-order valence-corrected chi connectivity index (χ4v) is 8.14. The second kappa shape index (κ2) is 13.0. The molecule has 0 unspecified atom stereocenters. The zero-order valence-electron chi connectivity index (χ0n) is 34.3. The maximum absolute atomic E-state index is 11.6. The fourth-order valence-electron chi connectivity index (χ4n) is 8.14. The predicted octanol–water partition coefficient (Wildman–Crippen LogP) is 12.1. The van der Waals surface area contributed by atoms with E-state index in [1.54, 1.807) is 0 Å². The van der Waals surface area contributed by atoms with E-state index in [2.05, 4.69) is 126 Å². The van der Waals surface area contributed by atoms with E-state index in [1.807, 2.05) is 13.8 Å². The van der Waals surface area contributed by atoms with E-state index in [9.17, 15) is 15.3 Å². The molecule has 0 atom stereocenters. The zero-order chi connectivity index (χ0) is 38.2. The van der Waals surface area contributed by atoms with Crippen molar-refractivity contribution >= 4 is 0 Å². The Morgan fingerprint density at radius 2 is 0.765 bits per heavy atom. The van der Waals surface area contributed by atoms with Crippen LogP contribution in [0.5, 0.6) is 17.2 Å². The molecule has 5 rings (SSSR count). The Bertz CT molecular complexity index is 1870. The maximum atomic E-state index is 11.6. The van der Waals surface area contributed by atoms with E-state index in [0.717, 1.165) is 65.5 Å². The largest absolute Gasteiger partial charge is 0.507 e. The average Bonchev–Trinajstić information content (AvgIpc) is 3.75. The van der Waals surface area contributed by atoms with Crippen molar-refractivity contribution in [1.82, 2.24) is 0 Å². The van der Waals surface area contributed by atoms with E-state index in [0.29, 0.717) is 17.2 Å². The molecule has 4 aromatic carbocycles. The van der Waals surface area contributed by atoms with Crippen LogP contribution in [0.4, 0.5) is 0 Å². The molecule has 1 aliphatic carbocycles. The quantitative estimate of drug-likeness (QED) is 0.181. The van der Waals surface area contributed by atoms with Crippen molar-refractivity contribution in [3.63, 3.8) is 0 Å². The lowest BCUT2D eigenvalue weighted by Crippen LogP contribution is -2.16. The van der Waals surface area contributed by atoms with Gasteiger partial charge in [-0.15, -0.1) is 0 Å². The van der Waals surface area contributed by atoms with Gasteiger partial charge in [-0.1, -0.05) is 106 Å². The number of rotatable bonds is 7. The number of aromatic hydroxyl groups is 3. The van der Waals surface area contributed by atoms with Gasteiger partial charge < -0.3 is 15.3 Å². The summed E-state index contributed by atoms with van der Waals surface area (Å²) in [4.78, 5) is 0. The van der Waals surface area contributed by atoms with Crippen LogP contribution in [0.1, 0.15) is 166 Å². The molecule has 4 aromatic rings. The lowest BCUT2D eigenvalue weighted by molar-refractivity contribution is 0.434. The minimum absolute atomic E-state index is 0.0385. The first-order chi connectivity index (χ1) is 23.3. The van der Waals surface area contributed by atoms with Gasteiger partial charge in [-0.3, -0.25) is 0 Å². The third kappa shape index (κ3) is 7.60. The van der Waals surface area contributed by atoms with Crippen LogP contribution in [-0.2, 0) is 40.9 Å². The van der Waals surface area contributed by atoms with Gasteiger partial charge in [0.1, 0.15) is 17.2 Å². The van der Waals surface area contributed by atoms with Crippen molar-refractivity contribution < 1.29 is 15.3 Å². The van der Waals surface area contributed by atoms with Crippen molar-refractivity contribution in [1.29, 1.82) is 0 Å². The number of hydrogen-bond donors (Lipinski definition) is 3. The van der Waals surface area contributed by atoms with E-state index >= 15 is 0 Å². The molecule has 1 saturated carbocycles. The molecule has 0 aliphatic heterocycles. The molecular weight excluding hydrogens is 625 g/mol. The minimum atomic E-state index is -0.184. The van der Waals surface area contributed by atoms with Crippen LogP contribution in [-0.4, -0.2) is 15.3 Å². The molecule has 1 fully saturated rings. The molecular formula is C48H64O3. The Balaban J connectivity index is 1.74. The molecule has 3 heteroatoms. The molecule has 0 radical (unpaired) electrons. The van der Waals surface area contributed by atoms with Crippen molar-refractivity contribution in [2.24, 2.45) is 0 Å². The summed E-state index contributed by atoms with van der Waals surface area (Å²) in [6, 6.07) is 13.3. The van der Waals surface area contributed by atoms with Gasteiger partial charge in [0.05, 0.1) is 0 Å². The van der Waals surface area contributed by atoms with Crippen LogP contribution in [0.15, 0.2) is 36.4 Å². The zero-order valence-corrected chi connectivity index (χ0v) is 34.3. The van der Waals surface area contributed by atoms with Crippen molar-refractivity contribution in [3.05, 3.63) is 120 Å². The first-order valence-corrected chi connectivity index (χ1v) is 19.0. The van der Waals surface area contributed by atoms with E-state index in [4.69, 9.17) is 0 Å². The number of phenols is 3. The fraction of sp³-hybridized carbons (Fsp3) is 0.500. The Morgan fingerprint density at radius 1 is 0.471 bits per heavy atom. The summed E-state index contributed by atoms with van der Waals surface area (Å²) in [7, 11) is 0. The van der Waals surface area contributed by atoms with Crippen molar-refractivity contribution in [2.75, 3.05) is 0 Å². The van der Waals surface area contributed by atoms with Gasteiger partial charge in [0.15, 0.2) is 0 Å². The van der Waals surface area contributed by atoms with E-state index < -0.39 is 0 Å². The number of phenolic OH excluding ortho intramolecular Hbond substituents is 3. The Kier molecular flexibility index (Phi) is 9.85. The molecule has 274 valence electrons. The Morgan fingerprint density at radius 3 is 1.06 bits per heavy atom. The topological polar surface area (TPSA) is 60.7 Å². The lowest BCUT2D eigenvalue weighted by Gasteiger charge is -2.27. The minimum Gasteiger partial charge on any atom is -0.507 e. The summed E-state index contributed by atoms with van der Waals surface area (Å²) >= 11 is 0. The van der Waals surface area contributed by atoms with Gasteiger partial charge >= 0.3 is 0 Å². The molecule has 0 aromatic heterocycles. The molecule has 0 amide bonds. The van der Waals surface area contributed by atoms with Crippen LogP contribution >= 0.6 is 0 Å². The predicted molar refractivity (Wildman–Crippen MR) is 216 cm³/mol. The summed E-state index contributed by atoms with van der Waals surface area (Å²) in [5, 5.41) is 33.7. The SMILES string of the molecule is Cc1cc(Cc2c(C)c(Cc3cc(C)c(O)c(C(C)(C)C)c3)c(C)c(Cc3cc(C(C)(C)C)c(O)c(C4(C)CC4)c3)c2C)cc(C(C)(C)C)c1O. The number of hydrogen-bond acceptors (Lipinski definition) is 3. The van der Waals surface area contributed by atoms with Gasteiger partial charge in [-0.05, 0) is 166 Å². The summed E-state index contributed by atoms with van der Waals surface area (Å²) in [6.07, 6.45) is 4.55. The van der Waals surface area contributed by atoms with E-state index in [-0.39, 0.29) is 21.7 Å². The van der Waals surface area contributed by atoms with Crippen LogP contribution in [0.25, 0.3) is 0 Å². The Hall–Kier alpha value is -3.72. The second-order valence-corrected chi connectivity index (χ2v) is 19.3. The highest BCUT2D eigenvalue weighted by atomic mass is 16.3. The van der Waals surface area contributed by atoms with Crippen LogP contribution in [0.2, 0.25) is 0 Å². The van der Waals surface area contributed by atoms with E-state index in [1.165, 1.54) is 50.1 Å². The standard InChI is InChI=1S/C48H64O3/c1-27-18-32(23-38(42(27)49)45(6,7)8)20-35-29(3)36(21-33-19-28(2)43(50)39(24-33)46(9,10)11)31(5)37(30(35)4)22-34-25-40(47(12,13)14)44(51)41(26-34)48(15)16-17-48/h18-19,23-26,49-51H,16-17,20-22H2,1-15H3. The summed E-state index contributed by atoms with van der Waals surface area (Å²) < 4.78 is 0. The van der Waals surface area contributed by atoms with Gasteiger partial charge in [0.25, 0.3) is 0 Å². The van der Waals surface area contributed by atoms with Gasteiger partial charge in [0.2, 0.25) is 0 Å². The molecule has 0 bridgehead atoms. The van der Waals surface area contributed by atoms with Gasteiger partial charge in [-0.2, -0.15) is 0 Å². The molecule has 3 nitrogen and oxygen atoms in total. The van der Waals surface area contributed by atoms with Crippen molar-refractivity contribution in [2.45, 2.75) is 158 Å². The van der Waals surface area contributed by atoms with Gasteiger partial charge in [0, 0.05) is 5.56 Å². The highest BCUT2D eigenvalue weighted by Gasteiger charge is 2.42. The summed E-state index contributed by atoms with van der Waals surface area (Å²) in [6.45, 7) is 32.7. The Labute approximate surface area is 309 Å². The number of aryl methyl sites for hydroxylation is 2. The second-order valence-electron chi connectivity index (χ2n) is 19.3. The first-order valence-electron chi connectivity index (χ1n) is 19.0. The molecule has 0 spiro atoms. The highest BCUT2D eigenvalue weighted by Crippen LogP contribution is 2.53. The molecule has 1 aliphatic rings. The molecule has 0 heterocycles.